The van der Waals surface area contributed by atoms with Crippen LogP contribution in [-0.2, 0) is 20.9 Å². The zero-order valence-corrected chi connectivity index (χ0v) is 20.4. The molecule has 5 rings (SSSR count). The highest BCUT2D eigenvalue weighted by atomic mass is 35.5. The van der Waals surface area contributed by atoms with E-state index in [0.29, 0.717) is 36.0 Å². The van der Waals surface area contributed by atoms with Gasteiger partial charge in [0.15, 0.2) is 0 Å². The standard InChI is InChI=1S/C27H29ClN2O6/c28-18-7-5-16(6-8-18)14-30(27(34)17-9-12-35-15-17)21-13-20(26(33)29-10-11-31)23-19-3-1-2-4-22(19)36-25(23)24(21)32/h1-8,13,17,21,23-25,31-32H,9-12,14-15H2,(H,29,33). The second-order valence-electron chi connectivity index (χ2n) is 9.33. The zero-order chi connectivity index (χ0) is 25.2. The molecule has 2 aromatic carbocycles. The number of fused-ring (bicyclic) bond motifs is 3. The highest BCUT2D eigenvalue weighted by Gasteiger charge is 2.50. The summed E-state index contributed by atoms with van der Waals surface area (Å²) in [6.45, 7) is 0.943. The maximum absolute atomic E-state index is 13.7. The minimum Gasteiger partial charge on any atom is -0.486 e. The molecule has 1 aliphatic carbocycles. The van der Waals surface area contributed by atoms with E-state index >= 15 is 0 Å². The molecule has 0 bridgehead atoms. The Hall–Kier alpha value is -2.91. The maximum Gasteiger partial charge on any atom is 0.247 e. The van der Waals surface area contributed by atoms with Gasteiger partial charge in [0.2, 0.25) is 11.8 Å². The number of aliphatic hydroxyl groups is 2. The monoisotopic (exact) mass is 512 g/mol. The summed E-state index contributed by atoms with van der Waals surface area (Å²) in [6.07, 6.45) is 0.469. The van der Waals surface area contributed by atoms with E-state index in [4.69, 9.17) is 21.1 Å². The number of hydrogen-bond donors (Lipinski definition) is 3. The van der Waals surface area contributed by atoms with Crippen molar-refractivity contribution >= 4 is 23.4 Å². The maximum atomic E-state index is 13.7. The van der Waals surface area contributed by atoms with Gasteiger partial charge in [-0.3, -0.25) is 9.59 Å². The van der Waals surface area contributed by atoms with Crippen LogP contribution in [0, 0.1) is 5.92 Å². The number of nitrogens with zero attached hydrogens (tertiary/aromatic N) is 1. The van der Waals surface area contributed by atoms with E-state index in [0.717, 1.165) is 11.1 Å². The molecule has 1 fully saturated rings. The Morgan fingerprint density at radius 1 is 1.14 bits per heavy atom. The topological polar surface area (TPSA) is 108 Å². The van der Waals surface area contributed by atoms with Gasteiger partial charge < -0.3 is 29.9 Å². The Morgan fingerprint density at radius 2 is 1.92 bits per heavy atom. The van der Waals surface area contributed by atoms with Crippen molar-refractivity contribution in [3.8, 4) is 5.75 Å². The van der Waals surface area contributed by atoms with E-state index in [1.165, 1.54) is 0 Å². The van der Waals surface area contributed by atoms with Crippen molar-refractivity contribution in [2.45, 2.75) is 37.1 Å². The van der Waals surface area contributed by atoms with Crippen molar-refractivity contribution in [3.63, 3.8) is 0 Å². The van der Waals surface area contributed by atoms with Gasteiger partial charge in [0.05, 0.1) is 31.1 Å². The highest BCUT2D eigenvalue weighted by molar-refractivity contribution is 6.30. The van der Waals surface area contributed by atoms with E-state index < -0.39 is 24.2 Å². The van der Waals surface area contributed by atoms with Crippen LogP contribution in [0.15, 0.2) is 60.2 Å². The van der Waals surface area contributed by atoms with Crippen LogP contribution in [0.2, 0.25) is 5.02 Å². The third-order valence-corrected chi connectivity index (χ3v) is 7.32. The number of rotatable bonds is 7. The van der Waals surface area contributed by atoms with Crippen LogP contribution < -0.4 is 10.1 Å². The number of benzene rings is 2. The number of nitrogens with one attached hydrogen (secondary N) is 1. The fourth-order valence-corrected chi connectivity index (χ4v) is 5.40. The number of halogens is 1. The molecule has 0 radical (unpaired) electrons. The summed E-state index contributed by atoms with van der Waals surface area (Å²) in [5, 5.41) is 24.1. The van der Waals surface area contributed by atoms with Crippen LogP contribution in [-0.4, -0.2) is 71.5 Å². The molecule has 2 aromatic rings. The molecule has 0 aromatic heterocycles. The summed E-state index contributed by atoms with van der Waals surface area (Å²) < 4.78 is 11.6. The predicted molar refractivity (Wildman–Crippen MR) is 133 cm³/mol. The van der Waals surface area contributed by atoms with Gasteiger partial charge in [-0.25, -0.2) is 0 Å². The van der Waals surface area contributed by atoms with Crippen molar-refractivity contribution < 1.29 is 29.3 Å². The lowest BCUT2D eigenvalue weighted by Crippen LogP contribution is -2.56. The number of carbonyl (C=O) groups excluding carboxylic acids is 2. The molecule has 36 heavy (non-hydrogen) atoms. The van der Waals surface area contributed by atoms with Gasteiger partial charge in [0.25, 0.3) is 0 Å². The molecular formula is C27H29ClN2O6. The molecule has 5 unspecified atom stereocenters. The molecular weight excluding hydrogens is 484 g/mol. The minimum absolute atomic E-state index is 0.0934. The quantitative estimate of drug-likeness (QED) is 0.524. The fourth-order valence-electron chi connectivity index (χ4n) is 5.27. The van der Waals surface area contributed by atoms with Crippen LogP contribution in [0.4, 0.5) is 0 Å². The van der Waals surface area contributed by atoms with Gasteiger partial charge in [0.1, 0.15) is 18.0 Å². The van der Waals surface area contributed by atoms with Crippen LogP contribution >= 0.6 is 11.6 Å². The first-order valence-corrected chi connectivity index (χ1v) is 12.5. The second kappa shape index (κ2) is 10.6. The first-order chi connectivity index (χ1) is 17.5. The number of carbonyl (C=O) groups is 2. The molecule has 1 saturated heterocycles. The van der Waals surface area contributed by atoms with Gasteiger partial charge in [0, 0.05) is 35.9 Å². The minimum atomic E-state index is -1.07. The number of para-hydroxylation sites is 1. The Balaban J connectivity index is 1.55. The van der Waals surface area contributed by atoms with Gasteiger partial charge in [-0.2, -0.15) is 0 Å². The van der Waals surface area contributed by atoms with Crippen LogP contribution in [0.5, 0.6) is 5.75 Å². The average molecular weight is 513 g/mol. The van der Waals surface area contributed by atoms with E-state index in [1.807, 2.05) is 36.4 Å². The summed E-state index contributed by atoms with van der Waals surface area (Å²) in [7, 11) is 0. The molecule has 8 nitrogen and oxygen atoms in total. The number of aliphatic hydroxyl groups excluding tert-OH is 2. The molecule has 2 aliphatic heterocycles. The van der Waals surface area contributed by atoms with E-state index in [2.05, 4.69) is 5.32 Å². The van der Waals surface area contributed by atoms with Crippen molar-refractivity contribution in [1.82, 2.24) is 10.2 Å². The zero-order valence-electron chi connectivity index (χ0n) is 19.7. The Labute approximate surface area is 214 Å². The van der Waals surface area contributed by atoms with Gasteiger partial charge in [-0.1, -0.05) is 41.9 Å². The molecule has 3 aliphatic rings. The summed E-state index contributed by atoms with van der Waals surface area (Å²) >= 11 is 6.06. The van der Waals surface area contributed by atoms with Gasteiger partial charge in [-0.15, -0.1) is 0 Å². The lowest BCUT2D eigenvalue weighted by molar-refractivity contribution is -0.142. The number of hydrogen-bond acceptors (Lipinski definition) is 6. The van der Waals surface area contributed by atoms with E-state index in [1.54, 1.807) is 23.1 Å². The molecule has 9 heteroatoms. The summed E-state index contributed by atoms with van der Waals surface area (Å²) in [6, 6.07) is 13.8. The first-order valence-electron chi connectivity index (χ1n) is 12.1. The van der Waals surface area contributed by atoms with Crippen LogP contribution in [0.3, 0.4) is 0 Å². The molecule has 2 amide bonds. The SMILES string of the molecule is O=C(NCCO)C1=CC(N(Cc2ccc(Cl)cc2)C(=O)C2CCOC2)C(O)C2Oc3ccccc3C12. The van der Waals surface area contributed by atoms with Crippen molar-refractivity contribution in [3.05, 3.63) is 76.3 Å². The largest absolute Gasteiger partial charge is 0.486 e. The normalized spacial score (nSPS) is 26.4. The Morgan fingerprint density at radius 3 is 2.64 bits per heavy atom. The van der Waals surface area contributed by atoms with Gasteiger partial charge in [-0.05, 0) is 36.3 Å². The van der Waals surface area contributed by atoms with Crippen molar-refractivity contribution in [2.75, 3.05) is 26.4 Å². The van der Waals surface area contributed by atoms with Crippen LogP contribution in [0.25, 0.3) is 0 Å². The highest BCUT2D eigenvalue weighted by Crippen LogP contribution is 2.47. The molecule has 3 N–H and O–H groups in total. The van der Waals surface area contributed by atoms with E-state index in [9.17, 15) is 19.8 Å². The second-order valence-corrected chi connectivity index (χ2v) is 9.77. The molecule has 0 spiro atoms. The first kappa shape index (κ1) is 24.8. The number of ether oxygens (including phenoxy) is 2. The number of amides is 2. The Bertz CT molecular complexity index is 1150. The average Bonchev–Trinajstić information content (AvgIpc) is 3.56. The molecule has 2 heterocycles. The fraction of sp³-hybridized carbons (Fsp3) is 0.407. The van der Waals surface area contributed by atoms with Crippen molar-refractivity contribution in [1.29, 1.82) is 0 Å². The molecule has 5 atom stereocenters. The summed E-state index contributed by atoms with van der Waals surface area (Å²) in [5.41, 5.74) is 2.06. The summed E-state index contributed by atoms with van der Waals surface area (Å²) in [4.78, 5) is 28.6. The van der Waals surface area contributed by atoms with Crippen LogP contribution in [0.1, 0.15) is 23.5 Å². The van der Waals surface area contributed by atoms with Crippen molar-refractivity contribution in [2.24, 2.45) is 5.92 Å². The molecule has 190 valence electrons. The molecule has 0 saturated carbocycles. The lowest BCUT2D eigenvalue weighted by Gasteiger charge is -2.41. The predicted octanol–water partition coefficient (Wildman–Crippen LogP) is 2.03. The third kappa shape index (κ3) is 4.74. The smallest absolute Gasteiger partial charge is 0.247 e. The Kier molecular flexibility index (Phi) is 7.29. The van der Waals surface area contributed by atoms with Gasteiger partial charge >= 0.3 is 0 Å². The third-order valence-electron chi connectivity index (χ3n) is 7.07. The summed E-state index contributed by atoms with van der Waals surface area (Å²) in [5.74, 6) is -0.726. The van der Waals surface area contributed by atoms with E-state index in [-0.39, 0.29) is 37.4 Å². The lowest BCUT2D eigenvalue weighted by atomic mass is 9.77.